The van der Waals surface area contributed by atoms with Crippen molar-refractivity contribution in [1.29, 1.82) is 0 Å². The molecular formula is C9H7F9N2O. The molecule has 0 radical (unpaired) electrons. The molecule has 1 aromatic heterocycles. The Labute approximate surface area is 111 Å². The van der Waals surface area contributed by atoms with Crippen molar-refractivity contribution < 1.29 is 44.3 Å². The second-order valence-electron chi connectivity index (χ2n) is 3.75. The fourth-order valence-electron chi connectivity index (χ4n) is 1.37. The van der Waals surface area contributed by atoms with E-state index in [1.165, 1.54) is 0 Å². The van der Waals surface area contributed by atoms with Gasteiger partial charge in [0.25, 0.3) is 6.17 Å². The molecule has 0 aliphatic carbocycles. The fourth-order valence-corrected chi connectivity index (χ4v) is 1.37. The predicted octanol–water partition coefficient (Wildman–Crippen LogP) is 3.28. The number of hydrogen-bond donors (Lipinski definition) is 0. The lowest BCUT2D eigenvalue weighted by atomic mass is 10.1. The summed E-state index contributed by atoms with van der Waals surface area (Å²) >= 11 is 0. The van der Waals surface area contributed by atoms with Gasteiger partial charge in [-0.2, -0.15) is 22.0 Å². The molecule has 21 heavy (non-hydrogen) atoms. The summed E-state index contributed by atoms with van der Waals surface area (Å²) in [5.41, 5.74) is 0. The minimum absolute atomic E-state index is 0.109. The molecule has 1 rings (SSSR count). The predicted molar refractivity (Wildman–Crippen MR) is 49.2 cm³/mol. The normalized spacial score (nSPS) is 19.1. The molecule has 0 amide bonds. The van der Waals surface area contributed by atoms with E-state index in [2.05, 4.69) is 9.72 Å². The van der Waals surface area contributed by atoms with Crippen molar-refractivity contribution in [2.45, 2.75) is 30.6 Å². The molecule has 0 aliphatic heterocycles. The maximum Gasteiger partial charge on any atom is 0.425 e. The smallest absolute Gasteiger partial charge is 0.294 e. The van der Waals surface area contributed by atoms with Gasteiger partial charge in [0.05, 0.1) is 6.33 Å². The monoisotopic (exact) mass is 330 g/mol. The molecule has 0 fully saturated rings. The molecule has 3 nitrogen and oxygen atoms in total. The summed E-state index contributed by atoms with van der Waals surface area (Å²) in [6, 6.07) is 0. The first kappa shape index (κ1) is 17.6. The summed E-state index contributed by atoms with van der Waals surface area (Å²) in [4.78, 5) is 3.00. The van der Waals surface area contributed by atoms with Crippen LogP contribution in [0.15, 0.2) is 18.7 Å². The van der Waals surface area contributed by atoms with Crippen LogP contribution < -0.4 is 0 Å². The summed E-state index contributed by atoms with van der Waals surface area (Å²) in [5.74, 6) is -5.21. The molecule has 0 saturated heterocycles. The maximum absolute atomic E-state index is 14.2. The zero-order valence-electron chi connectivity index (χ0n) is 9.80. The molecule has 3 atom stereocenters. The van der Waals surface area contributed by atoms with Crippen molar-refractivity contribution >= 4 is 0 Å². The van der Waals surface area contributed by atoms with E-state index in [4.69, 9.17) is 0 Å². The van der Waals surface area contributed by atoms with Crippen molar-refractivity contribution in [1.82, 2.24) is 9.55 Å². The molecule has 0 spiro atoms. The molecule has 1 heterocycles. The van der Waals surface area contributed by atoms with Gasteiger partial charge in [0.2, 0.25) is 6.36 Å². The fraction of sp³-hybridized carbons (Fsp3) is 0.667. The molecule has 3 unspecified atom stereocenters. The van der Waals surface area contributed by atoms with Gasteiger partial charge in [-0.15, -0.1) is 0 Å². The van der Waals surface area contributed by atoms with Crippen LogP contribution >= 0.6 is 0 Å². The van der Waals surface area contributed by atoms with Crippen LogP contribution in [0, 0.1) is 0 Å². The molecule has 12 heteroatoms. The minimum Gasteiger partial charge on any atom is -0.294 e. The van der Waals surface area contributed by atoms with Crippen molar-refractivity contribution in [3.05, 3.63) is 18.7 Å². The lowest BCUT2D eigenvalue weighted by Crippen LogP contribution is -2.59. The topological polar surface area (TPSA) is 27.1 Å². The summed E-state index contributed by atoms with van der Waals surface area (Å²) in [6.45, 7) is -2.20. The maximum atomic E-state index is 14.2. The highest BCUT2D eigenvalue weighted by Crippen LogP contribution is 2.47. The molecule has 0 bridgehead atoms. The summed E-state index contributed by atoms with van der Waals surface area (Å²) < 4.78 is 118. The van der Waals surface area contributed by atoms with Gasteiger partial charge in [0.15, 0.2) is 0 Å². The van der Waals surface area contributed by atoms with Gasteiger partial charge in [-0.1, -0.05) is 0 Å². The average molecular weight is 330 g/mol. The second kappa shape index (κ2) is 5.73. The van der Waals surface area contributed by atoms with Crippen molar-refractivity contribution in [2.75, 3.05) is 6.67 Å². The molecule has 122 valence electrons. The van der Waals surface area contributed by atoms with Crippen LogP contribution in [0.4, 0.5) is 39.5 Å². The van der Waals surface area contributed by atoms with Crippen LogP contribution in [-0.4, -0.2) is 41.0 Å². The Morgan fingerprint density at radius 3 is 2.05 bits per heavy atom. The number of ether oxygens (including phenoxy) is 1. The van der Waals surface area contributed by atoms with Crippen LogP contribution in [0.2, 0.25) is 0 Å². The largest absolute Gasteiger partial charge is 0.425 e. The van der Waals surface area contributed by atoms with Crippen LogP contribution in [0.1, 0.15) is 0 Å². The van der Waals surface area contributed by atoms with Gasteiger partial charge in [0.1, 0.15) is 6.67 Å². The van der Waals surface area contributed by atoms with E-state index in [-0.39, 0.29) is 12.5 Å². The standard InChI is InChI=1S/C9H7F9N2O/c10-3-5(11)21-9(17,18)7(13,6(12)8(14,15)16)20-2-1-19-4-20/h1-2,4-6H,3H2. The third-order valence-electron chi connectivity index (χ3n) is 2.31. The number of aromatic nitrogens is 2. The third-order valence-corrected chi connectivity index (χ3v) is 2.31. The van der Waals surface area contributed by atoms with Gasteiger partial charge in [-0.05, 0) is 0 Å². The third kappa shape index (κ3) is 3.24. The Kier molecular flexibility index (Phi) is 4.80. The first-order valence-electron chi connectivity index (χ1n) is 5.10. The van der Waals surface area contributed by atoms with Gasteiger partial charge < -0.3 is 0 Å². The van der Waals surface area contributed by atoms with Crippen LogP contribution in [0.25, 0.3) is 0 Å². The van der Waals surface area contributed by atoms with E-state index >= 15 is 0 Å². The van der Waals surface area contributed by atoms with Crippen molar-refractivity contribution in [3.63, 3.8) is 0 Å². The number of hydrogen-bond acceptors (Lipinski definition) is 2. The average Bonchev–Trinajstić information content (AvgIpc) is 2.88. The molecule has 0 saturated carbocycles. The highest BCUT2D eigenvalue weighted by molar-refractivity contribution is 4.98. The molecule has 1 aromatic rings. The van der Waals surface area contributed by atoms with Gasteiger partial charge in [-0.3, -0.25) is 9.30 Å². The Bertz CT molecular complexity index is 449. The van der Waals surface area contributed by atoms with Crippen molar-refractivity contribution in [2.24, 2.45) is 0 Å². The highest BCUT2D eigenvalue weighted by Gasteiger charge is 2.71. The SMILES string of the molecule is FCC(F)OC(F)(F)C(F)(C(F)C(F)(F)F)n1ccnc1. The number of rotatable bonds is 6. The van der Waals surface area contributed by atoms with E-state index in [9.17, 15) is 39.5 Å². The Morgan fingerprint density at radius 2 is 1.67 bits per heavy atom. The zero-order valence-corrected chi connectivity index (χ0v) is 9.80. The quantitative estimate of drug-likeness (QED) is 0.749. The molecule has 0 aliphatic rings. The second-order valence-corrected chi connectivity index (χ2v) is 3.75. The number of imidazole rings is 1. The highest BCUT2D eigenvalue weighted by atomic mass is 19.4. The van der Waals surface area contributed by atoms with Crippen LogP contribution in [0.3, 0.4) is 0 Å². The number of alkyl halides is 9. The van der Waals surface area contributed by atoms with Crippen molar-refractivity contribution in [3.8, 4) is 0 Å². The number of nitrogens with zero attached hydrogens (tertiary/aromatic N) is 2. The van der Waals surface area contributed by atoms with Crippen LogP contribution in [0.5, 0.6) is 0 Å². The van der Waals surface area contributed by atoms with Crippen LogP contribution in [-0.2, 0) is 10.5 Å². The lowest BCUT2D eigenvalue weighted by Gasteiger charge is -2.36. The van der Waals surface area contributed by atoms with E-state index in [1.54, 1.807) is 0 Å². The summed E-state index contributed by atoms with van der Waals surface area (Å²) in [6.07, 6.45) is -19.0. The molecule has 0 N–H and O–H groups in total. The zero-order chi connectivity index (χ0) is 16.5. The lowest BCUT2D eigenvalue weighted by molar-refractivity contribution is -0.399. The van der Waals surface area contributed by atoms with E-state index in [0.29, 0.717) is 6.20 Å². The van der Waals surface area contributed by atoms with E-state index in [1.807, 2.05) is 0 Å². The van der Waals surface area contributed by atoms with E-state index < -0.39 is 41.8 Å². The van der Waals surface area contributed by atoms with Gasteiger partial charge in [-0.25, -0.2) is 22.5 Å². The Morgan fingerprint density at radius 1 is 1.10 bits per heavy atom. The summed E-state index contributed by atoms with van der Waals surface area (Å²) in [5, 5.41) is 0. The first-order chi connectivity index (χ1) is 9.46. The number of halogens is 9. The molecular weight excluding hydrogens is 323 g/mol. The Hall–Kier alpha value is -1.46. The summed E-state index contributed by atoms with van der Waals surface area (Å²) in [7, 11) is 0. The first-order valence-corrected chi connectivity index (χ1v) is 5.10. The minimum atomic E-state index is -6.06. The van der Waals surface area contributed by atoms with Gasteiger partial charge in [0, 0.05) is 12.4 Å². The molecule has 0 aromatic carbocycles. The van der Waals surface area contributed by atoms with E-state index in [0.717, 1.165) is 0 Å². The Balaban J connectivity index is 3.32. The van der Waals surface area contributed by atoms with Gasteiger partial charge >= 0.3 is 18.1 Å².